The van der Waals surface area contributed by atoms with Gasteiger partial charge in [-0.15, -0.1) is 0 Å². The van der Waals surface area contributed by atoms with Crippen molar-refractivity contribution in [2.24, 2.45) is 5.10 Å². The zero-order valence-electron chi connectivity index (χ0n) is 17.1. The minimum atomic E-state index is -4.02. The minimum Gasteiger partial charge on any atom is -0.497 e. The fourth-order valence-corrected chi connectivity index (χ4v) is 4.31. The molecule has 3 aromatic rings. The van der Waals surface area contributed by atoms with Gasteiger partial charge in [0.15, 0.2) is 0 Å². The highest BCUT2D eigenvalue weighted by molar-refractivity contribution is 7.89. The number of methoxy groups -OCH3 is 1. The van der Waals surface area contributed by atoms with Crippen LogP contribution in [-0.4, -0.2) is 27.1 Å². The summed E-state index contributed by atoms with van der Waals surface area (Å²) in [6, 6.07) is 17.7. The molecule has 0 atom stereocenters. The third-order valence-corrected chi connectivity index (χ3v) is 6.33. The Bertz CT molecular complexity index is 1280. The van der Waals surface area contributed by atoms with Crippen LogP contribution in [0, 0.1) is 0 Å². The van der Waals surface area contributed by atoms with E-state index in [1.807, 2.05) is 0 Å². The van der Waals surface area contributed by atoms with Crippen molar-refractivity contribution in [2.45, 2.75) is 11.8 Å². The number of sulfonamides is 1. The van der Waals surface area contributed by atoms with E-state index in [0.717, 1.165) is 0 Å². The van der Waals surface area contributed by atoms with E-state index in [-0.39, 0.29) is 20.8 Å². The van der Waals surface area contributed by atoms with Gasteiger partial charge in [-0.2, -0.15) is 18.4 Å². The largest absolute Gasteiger partial charge is 0.497 e. The average molecular weight is 492 g/mol. The molecule has 0 heterocycles. The average Bonchev–Trinajstić information content (AvgIpc) is 2.79. The van der Waals surface area contributed by atoms with Gasteiger partial charge in [0.2, 0.25) is 0 Å². The van der Waals surface area contributed by atoms with Crippen LogP contribution in [0.5, 0.6) is 5.75 Å². The van der Waals surface area contributed by atoms with Gasteiger partial charge in [-0.3, -0.25) is 4.79 Å². The van der Waals surface area contributed by atoms with Crippen molar-refractivity contribution >= 4 is 50.5 Å². The number of rotatable bonds is 7. The molecule has 0 spiro atoms. The van der Waals surface area contributed by atoms with Gasteiger partial charge in [-0.1, -0.05) is 35.3 Å². The quantitative estimate of drug-likeness (QED) is 0.360. The lowest BCUT2D eigenvalue weighted by Crippen LogP contribution is -2.20. The summed E-state index contributed by atoms with van der Waals surface area (Å²) in [6.45, 7) is 1.63. The molecule has 0 saturated carbocycles. The summed E-state index contributed by atoms with van der Waals surface area (Å²) in [7, 11) is -2.47. The van der Waals surface area contributed by atoms with Crippen molar-refractivity contribution in [1.82, 2.24) is 4.83 Å². The SMILES string of the molecule is COc1ccc(C(=O)Nc2cccc(C(C)=NNS(=O)(=O)c3cc(Cl)ccc3Cl)c2)cc1. The van der Waals surface area contributed by atoms with Gasteiger partial charge in [-0.05, 0) is 67.1 Å². The summed E-state index contributed by atoms with van der Waals surface area (Å²) < 4.78 is 30.1. The van der Waals surface area contributed by atoms with Crippen molar-refractivity contribution in [2.75, 3.05) is 12.4 Å². The molecule has 10 heteroatoms. The van der Waals surface area contributed by atoms with Gasteiger partial charge < -0.3 is 10.1 Å². The highest BCUT2D eigenvalue weighted by Gasteiger charge is 2.18. The van der Waals surface area contributed by atoms with Crippen LogP contribution in [0.1, 0.15) is 22.8 Å². The maximum absolute atomic E-state index is 12.5. The molecule has 0 saturated heterocycles. The monoisotopic (exact) mass is 491 g/mol. The molecule has 7 nitrogen and oxygen atoms in total. The van der Waals surface area contributed by atoms with Crippen LogP contribution >= 0.6 is 23.2 Å². The number of carbonyl (C=O) groups is 1. The molecule has 3 rings (SSSR count). The van der Waals surface area contributed by atoms with Gasteiger partial charge in [0.1, 0.15) is 10.6 Å². The zero-order chi connectivity index (χ0) is 23.3. The summed E-state index contributed by atoms with van der Waals surface area (Å²) in [4.78, 5) is 14.5. The first kappa shape index (κ1) is 23.6. The van der Waals surface area contributed by atoms with E-state index in [9.17, 15) is 13.2 Å². The van der Waals surface area contributed by atoms with Crippen LogP contribution in [0.3, 0.4) is 0 Å². The Balaban J connectivity index is 1.75. The number of carbonyl (C=O) groups excluding carboxylic acids is 1. The summed E-state index contributed by atoms with van der Waals surface area (Å²) >= 11 is 11.8. The topological polar surface area (TPSA) is 96.9 Å². The third kappa shape index (κ3) is 5.79. The zero-order valence-corrected chi connectivity index (χ0v) is 19.4. The molecule has 0 aliphatic rings. The standard InChI is InChI=1S/C22H19Cl2N3O4S/c1-14(26-27-32(29,30)21-13-17(23)8-11-20(21)24)16-4-3-5-18(12-16)25-22(28)15-6-9-19(31-2)10-7-15/h3-13,27H,1-2H3,(H,25,28). The second kappa shape index (κ2) is 10.0. The molecular formula is C22H19Cl2N3O4S. The molecule has 0 aliphatic heterocycles. The summed E-state index contributed by atoms with van der Waals surface area (Å²) in [6.07, 6.45) is 0. The number of hydrogen-bond donors (Lipinski definition) is 2. The van der Waals surface area contributed by atoms with Crippen LogP contribution in [0.2, 0.25) is 10.0 Å². The van der Waals surface area contributed by atoms with Crippen molar-refractivity contribution in [1.29, 1.82) is 0 Å². The second-order valence-corrected chi connectivity index (χ2v) is 9.10. The van der Waals surface area contributed by atoms with E-state index in [2.05, 4.69) is 15.2 Å². The predicted molar refractivity (Wildman–Crippen MR) is 126 cm³/mol. The number of nitrogens with zero attached hydrogens (tertiary/aromatic N) is 1. The van der Waals surface area contributed by atoms with Crippen molar-refractivity contribution in [3.63, 3.8) is 0 Å². The van der Waals surface area contributed by atoms with E-state index in [4.69, 9.17) is 27.9 Å². The molecular weight excluding hydrogens is 473 g/mol. The summed E-state index contributed by atoms with van der Waals surface area (Å²) in [5, 5.41) is 7.02. The molecule has 0 bridgehead atoms. The molecule has 0 aromatic heterocycles. The lowest BCUT2D eigenvalue weighted by Gasteiger charge is -2.09. The normalized spacial score (nSPS) is 11.7. The number of nitrogens with one attached hydrogen (secondary N) is 2. The van der Waals surface area contributed by atoms with E-state index in [1.54, 1.807) is 62.6 Å². The van der Waals surface area contributed by atoms with Gasteiger partial charge in [-0.25, -0.2) is 0 Å². The maximum Gasteiger partial charge on any atom is 0.278 e. The Hall–Kier alpha value is -3.07. The van der Waals surface area contributed by atoms with Crippen molar-refractivity contribution in [3.05, 3.63) is 87.9 Å². The van der Waals surface area contributed by atoms with Crippen LogP contribution < -0.4 is 14.9 Å². The summed E-state index contributed by atoms with van der Waals surface area (Å²) in [5.41, 5.74) is 1.98. The Morgan fingerprint density at radius 1 is 0.969 bits per heavy atom. The highest BCUT2D eigenvalue weighted by Crippen LogP contribution is 2.25. The fourth-order valence-electron chi connectivity index (χ4n) is 2.69. The number of halogens is 2. The smallest absolute Gasteiger partial charge is 0.278 e. The minimum absolute atomic E-state index is 0.0259. The number of hydrazone groups is 1. The molecule has 32 heavy (non-hydrogen) atoms. The maximum atomic E-state index is 12.5. The summed E-state index contributed by atoms with van der Waals surface area (Å²) in [5.74, 6) is 0.354. The molecule has 166 valence electrons. The van der Waals surface area contributed by atoms with Crippen LogP contribution in [-0.2, 0) is 10.0 Å². The number of hydrogen-bond acceptors (Lipinski definition) is 5. The Morgan fingerprint density at radius 3 is 2.38 bits per heavy atom. The third-order valence-electron chi connectivity index (χ3n) is 4.41. The Labute approximate surface area is 196 Å². The molecule has 0 fully saturated rings. The number of amides is 1. The second-order valence-electron chi connectivity index (χ2n) is 6.63. The Kier molecular flexibility index (Phi) is 7.40. The van der Waals surface area contributed by atoms with Crippen LogP contribution in [0.4, 0.5) is 5.69 Å². The number of ether oxygens (including phenoxy) is 1. The van der Waals surface area contributed by atoms with Gasteiger partial charge in [0.05, 0.1) is 17.8 Å². The van der Waals surface area contributed by atoms with Crippen molar-refractivity contribution < 1.29 is 17.9 Å². The highest BCUT2D eigenvalue weighted by atomic mass is 35.5. The number of anilines is 1. The van der Waals surface area contributed by atoms with Crippen LogP contribution in [0.15, 0.2) is 76.7 Å². The van der Waals surface area contributed by atoms with Gasteiger partial charge in [0, 0.05) is 16.3 Å². The molecule has 0 unspecified atom stereocenters. The molecule has 0 aliphatic carbocycles. The van der Waals surface area contributed by atoms with Crippen molar-refractivity contribution in [3.8, 4) is 5.75 Å². The lowest BCUT2D eigenvalue weighted by molar-refractivity contribution is 0.102. The fraction of sp³-hybridized carbons (Fsp3) is 0.0909. The number of benzene rings is 3. The van der Waals surface area contributed by atoms with Crippen LogP contribution in [0.25, 0.3) is 0 Å². The first-order valence-electron chi connectivity index (χ1n) is 9.26. The van der Waals surface area contributed by atoms with Gasteiger partial charge in [0.25, 0.3) is 15.9 Å². The lowest BCUT2D eigenvalue weighted by atomic mass is 10.1. The first-order valence-corrected chi connectivity index (χ1v) is 11.5. The predicted octanol–water partition coefficient (Wildman–Crippen LogP) is 4.96. The van der Waals surface area contributed by atoms with E-state index in [0.29, 0.717) is 28.3 Å². The molecule has 2 N–H and O–H groups in total. The van der Waals surface area contributed by atoms with E-state index < -0.39 is 10.0 Å². The van der Waals surface area contributed by atoms with E-state index >= 15 is 0 Å². The van der Waals surface area contributed by atoms with E-state index in [1.165, 1.54) is 18.2 Å². The Morgan fingerprint density at radius 2 is 1.69 bits per heavy atom. The molecule has 3 aromatic carbocycles. The van der Waals surface area contributed by atoms with Gasteiger partial charge >= 0.3 is 0 Å². The molecule has 1 amide bonds. The molecule has 0 radical (unpaired) electrons. The first-order chi connectivity index (χ1) is 15.2.